The van der Waals surface area contributed by atoms with E-state index >= 15 is 0 Å². The summed E-state index contributed by atoms with van der Waals surface area (Å²) in [6, 6.07) is 10.2. The van der Waals surface area contributed by atoms with E-state index in [9.17, 15) is 5.11 Å². The molecule has 3 aromatic rings. The molecule has 0 aliphatic carbocycles. The topological polar surface area (TPSA) is 29.5 Å². The highest BCUT2D eigenvalue weighted by atomic mass is 32.1. The fourth-order valence-corrected chi connectivity index (χ4v) is 4.03. The number of hydrogen-bond acceptors (Lipinski definition) is 4. The molecule has 0 fully saturated rings. The lowest BCUT2D eigenvalue weighted by molar-refractivity contribution is 0.179. The molecule has 1 atom stereocenters. The van der Waals surface area contributed by atoms with Crippen LogP contribution in [0.3, 0.4) is 0 Å². The molecule has 0 bridgehead atoms. The monoisotopic (exact) mass is 290 g/mol. The van der Waals surface area contributed by atoms with Gasteiger partial charge in [0.2, 0.25) is 0 Å². The van der Waals surface area contributed by atoms with E-state index in [1.165, 1.54) is 27.0 Å². The minimum absolute atomic E-state index is 0.507. The lowest BCUT2D eigenvalue weighted by Gasteiger charge is -2.10. The van der Waals surface area contributed by atoms with Crippen molar-refractivity contribution in [1.29, 1.82) is 0 Å². The van der Waals surface area contributed by atoms with Gasteiger partial charge in [0.25, 0.3) is 0 Å². The molecule has 1 aromatic carbocycles. The van der Waals surface area contributed by atoms with Gasteiger partial charge in [-0.1, -0.05) is 18.2 Å². The van der Waals surface area contributed by atoms with Gasteiger partial charge < -0.3 is 9.84 Å². The van der Waals surface area contributed by atoms with Crippen LogP contribution in [0.25, 0.3) is 10.1 Å². The average Bonchev–Trinajstić information content (AvgIpc) is 3.05. The quantitative estimate of drug-likeness (QED) is 0.778. The van der Waals surface area contributed by atoms with Crippen LogP contribution in [0.1, 0.15) is 16.5 Å². The Morgan fingerprint density at radius 2 is 2.05 bits per heavy atom. The molecule has 0 aliphatic heterocycles. The maximum Gasteiger partial charge on any atom is 0.135 e. The molecule has 2 aromatic heterocycles. The van der Waals surface area contributed by atoms with Crippen molar-refractivity contribution in [3.63, 3.8) is 0 Å². The molecule has 0 radical (unpaired) electrons. The van der Waals surface area contributed by atoms with Crippen molar-refractivity contribution >= 4 is 32.8 Å². The molecule has 0 saturated heterocycles. The number of aliphatic hydroxyl groups is 1. The summed E-state index contributed by atoms with van der Waals surface area (Å²) in [5.74, 6) is 0.775. The fraction of sp³-hybridized carbons (Fsp3) is 0.200. The van der Waals surface area contributed by atoms with Crippen LogP contribution in [0.2, 0.25) is 0 Å². The first kappa shape index (κ1) is 12.7. The third-order valence-corrected chi connectivity index (χ3v) is 5.17. The molecule has 1 unspecified atom stereocenters. The summed E-state index contributed by atoms with van der Waals surface area (Å²) in [5.41, 5.74) is 1.20. The molecule has 19 heavy (non-hydrogen) atoms. The van der Waals surface area contributed by atoms with Crippen LogP contribution in [0.15, 0.2) is 41.1 Å². The van der Waals surface area contributed by atoms with Gasteiger partial charge in [0.05, 0.1) is 18.1 Å². The second kappa shape index (κ2) is 5.33. The van der Waals surface area contributed by atoms with Crippen molar-refractivity contribution in [3.05, 3.63) is 51.5 Å². The van der Waals surface area contributed by atoms with Crippen LogP contribution in [-0.2, 0) is 6.42 Å². The number of fused-ring (bicyclic) bond motifs is 1. The molecule has 98 valence electrons. The molecule has 0 spiro atoms. The Labute approximate surface area is 119 Å². The summed E-state index contributed by atoms with van der Waals surface area (Å²) in [7, 11) is 1.64. The molecule has 2 heterocycles. The van der Waals surface area contributed by atoms with Gasteiger partial charge in [0.15, 0.2) is 0 Å². The molecule has 3 rings (SSSR count). The normalized spacial score (nSPS) is 12.7. The highest BCUT2D eigenvalue weighted by Gasteiger charge is 2.17. The third-order valence-electron chi connectivity index (χ3n) is 3.15. The summed E-state index contributed by atoms with van der Waals surface area (Å²) in [4.78, 5) is 0.901. The van der Waals surface area contributed by atoms with Gasteiger partial charge >= 0.3 is 0 Å². The second-order valence-corrected chi connectivity index (χ2v) is 6.19. The van der Waals surface area contributed by atoms with E-state index in [-0.39, 0.29) is 0 Å². The smallest absolute Gasteiger partial charge is 0.135 e. The van der Waals surface area contributed by atoms with Gasteiger partial charge in [-0.25, -0.2) is 0 Å². The van der Waals surface area contributed by atoms with Crippen molar-refractivity contribution in [1.82, 2.24) is 0 Å². The largest absolute Gasteiger partial charge is 0.495 e. The highest BCUT2D eigenvalue weighted by molar-refractivity contribution is 7.17. The van der Waals surface area contributed by atoms with Crippen molar-refractivity contribution in [2.75, 3.05) is 7.11 Å². The average molecular weight is 290 g/mol. The first-order valence-corrected chi connectivity index (χ1v) is 7.80. The van der Waals surface area contributed by atoms with Gasteiger partial charge in [-0.2, -0.15) is 0 Å². The zero-order valence-corrected chi connectivity index (χ0v) is 12.1. The van der Waals surface area contributed by atoms with Crippen LogP contribution >= 0.6 is 22.7 Å². The van der Waals surface area contributed by atoms with Crippen molar-refractivity contribution in [2.45, 2.75) is 12.5 Å². The first-order chi connectivity index (χ1) is 9.29. The Morgan fingerprint density at radius 1 is 1.21 bits per heavy atom. The van der Waals surface area contributed by atoms with Crippen LogP contribution in [0, 0.1) is 0 Å². The predicted octanol–water partition coefficient (Wildman–Crippen LogP) is 4.25. The maximum atomic E-state index is 10.4. The summed E-state index contributed by atoms with van der Waals surface area (Å²) < 4.78 is 6.53. The molecule has 2 nitrogen and oxygen atoms in total. The highest BCUT2D eigenvalue weighted by Crippen LogP contribution is 2.35. The zero-order valence-electron chi connectivity index (χ0n) is 10.5. The van der Waals surface area contributed by atoms with Crippen LogP contribution in [-0.4, -0.2) is 12.2 Å². The van der Waals surface area contributed by atoms with E-state index in [1.54, 1.807) is 18.4 Å². The summed E-state index contributed by atoms with van der Waals surface area (Å²) in [6.45, 7) is 0. The number of methoxy groups -OCH3 is 1. The van der Waals surface area contributed by atoms with Gasteiger partial charge in [0, 0.05) is 11.1 Å². The predicted molar refractivity (Wildman–Crippen MR) is 81.4 cm³/mol. The summed E-state index contributed by atoms with van der Waals surface area (Å²) >= 11 is 3.26. The Kier molecular flexibility index (Phi) is 3.55. The lowest BCUT2D eigenvalue weighted by atomic mass is 10.1. The number of benzene rings is 1. The van der Waals surface area contributed by atoms with Gasteiger partial charge in [-0.15, -0.1) is 22.7 Å². The van der Waals surface area contributed by atoms with E-state index in [2.05, 4.69) is 17.5 Å². The Bertz CT molecular complexity index is 684. The summed E-state index contributed by atoms with van der Waals surface area (Å²) in [6.07, 6.45) is 0.119. The van der Waals surface area contributed by atoms with Gasteiger partial charge in [-0.05, 0) is 33.8 Å². The number of ether oxygens (including phenoxy) is 1. The van der Waals surface area contributed by atoms with Crippen LogP contribution < -0.4 is 4.74 Å². The van der Waals surface area contributed by atoms with Gasteiger partial charge in [0.1, 0.15) is 5.75 Å². The number of aliphatic hydroxyl groups excluding tert-OH is 1. The third kappa shape index (κ3) is 2.39. The number of thiophene rings is 2. The molecule has 0 amide bonds. The van der Waals surface area contributed by atoms with E-state index in [1.807, 2.05) is 23.6 Å². The van der Waals surface area contributed by atoms with Crippen molar-refractivity contribution < 1.29 is 9.84 Å². The fourth-order valence-electron chi connectivity index (χ4n) is 2.21. The van der Waals surface area contributed by atoms with E-state index in [0.29, 0.717) is 6.42 Å². The minimum atomic E-state index is -0.507. The molecule has 0 saturated carbocycles. The number of hydrogen-bond donors (Lipinski definition) is 1. The minimum Gasteiger partial charge on any atom is -0.495 e. The zero-order chi connectivity index (χ0) is 13.2. The first-order valence-electron chi connectivity index (χ1n) is 6.04. The van der Waals surface area contributed by atoms with Crippen molar-refractivity contribution in [3.8, 4) is 5.75 Å². The Balaban J connectivity index is 1.89. The van der Waals surface area contributed by atoms with Gasteiger partial charge in [-0.3, -0.25) is 0 Å². The van der Waals surface area contributed by atoms with E-state index in [4.69, 9.17) is 4.74 Å². The number of rotatable bonds is 4. The maximum absolute atomic E-state index is 10.4. The molecular weight excluding hydrogens is 276 g/mol. The standard InChI is InChI=1S/C15H14O2S2/c1-17-13-6-7-18-15(13)12(16)8-10-9-19-14-5-3-2-4-11(10)14/h2-7,9,12,16H,8H2,1H3. The van der Waals surface area contributed by atoms with Crippen LogP contribution in [0.5, 0.6) is 5.75 Å². The molecule has 0 aliphatic rings. The van der Waals surface area contributed by atoms with E-state index < -0.39 is 6.10 Å². The second-order valence-electron chi connectivity index (χ2n) is 4.33. The molecule has 4 heteroatoms. The Hall–Kier alpha value is -1.36. The van der Waals surface area contributed by atoms with E-state index in [0.717, 1.165) is 10.6 Å². The Morgan fingerprint density at radius 3 is 2.89 bits per heavy atom. The van der Waals surface area contributed by atoms with Crippen LogP contribution in [0.4, 0.5) is 0 Å². The van der Waals surface area contributed by atoms with Crippen molar-refractivity contribution in [2.24, 2.45) is 0 Å². The molecule has 1 N–H and O–H groups in total. The SMILES string of the molecule is COc1ccsc1C(O)Cc1csc2ccccc12. The lowest BCUT2D eigenvalue weighted by Crippen LogP contribution is -2.00. The summed E-state index contributed by atoms with van der Waals surface area (Å²) in [5, 5.41) is 15.7. The molecular formula is C15H14O2S2.